The van der Waals surface area contributed by atoms with Crippen molar-refractivity contribution in [2.45, 2.75) is 39.0 Å². The predicted molar refractivity (Wildman–Crippen MR) is 63.3 cm³/mol. The molecule has 82 valence electrons. The van der Waals surface area contributed by atoms with Crippen LogP contribution in [0.4, 0.5) is 0 Å². The first-order valence-electron chi connectivity index (χ1n) is 6.10. The zero-order valence-corrected chi connectivity index (χ0v) is 9.54. The second kappa shape index (κ2) is 5.20. The smallest absolute Gasteiger partial charge is 0.119 e. The SMILES string of the molecule is CCc1ccc(OCC2CCCC2)cc1. The van der Waals surface area contributed by atoms with Gasteiger partial charge in [-0.15, -0.1) is 0 Å². The lowest BCUT2D eigenvalue weighted by atomic mass is 10.1. The summed E-state index contributed by atoms with van der Waals surface area (Å²) in [5.74, 6) is 1.83. The summed E-state index contributed by atoms with van der Waals surface area (Å²) >= 11 is 0. The van der Waals surface area contributed by atoms with Gasteiger partial charge in [-0.1, -0.05) is 31.9 Å². The Morgan fingerprint density at radius 3 is 2.40 bits per heavy atom. The molecule has 0 aliphatic heterocycles. The zero-order valence-electron chi connectivity index (χ0n) is 9.54. The zero-order chi connectivity index (χ0) is 10.5. The number of aryl methyl sites for hydroxylation is 1. The van der Waals surface area contributed by atoms with Crippen molar-refractivity contribution < 1.29 is 4.74 Å². The molecule has 0 bridgehead atoms. The van der Waals surface area contributed by atoms with E-state index in [2.05, 4.69) is 31.2 Å². The first-order valence-corrected chi connectivity index (χ1v) is 6.10. The van der Waals surface area contributed by atoms with Gasteiger partial charge in [-0.05, 0) is 42.9 Å². The van der Waals surface area contributed by atoms with Crippen molar-refractivity contribution in [1.29, 1.82) is 0 Å². The highest BCUT2D eigenvalue weighted by Gasteiger charge is 2.15. The van der Waals surface area contributed by atoms with Crippen molar-refractivity contribution in [1.82, 2.24) is 0 Å². The standard InChI is InChI=1S/C14H20O/c1-2-12-7-9-14(10-8-12)15-11-13-5-3-4-6-13/h7-10,13H,2-6,11H2,1H3. The summed E-state index contributed by atoms with van der Waals surface area (Å²) in [6.45, 7) is 3.08. The van der Waals surface area contributed by atoms with Gasteiger partial charge in [0.15, 0.2) is 0 Å². The van der Waals surface area contributed by atoms with Crippen LogP contribution in [0.1, 0.15) is 38.2 Å². The van der Waals surface area contributed by atoms with E-state index in [-0.39, 0.29) is 0 Å². The first-order chi connectivity index (χ1) is 7.38. The topological polar surface area (TPSA) is 9.23 Å². The lowest BCUT2D eigenvalue weighted by molar-refractivity contribution is 0.252. The van der Waals surface area contributed by atoms with Crippen LogP contribution in [0, 0.1) is 5.92 Å². The van der Waals surface area contributed by atoms with Crippen molar-refractivity contribution in [2.24, 2.45) is 5.92 Å². The Balaban J connectivity index is 1.82. The van der Waals surface area contributed by atoms with E-state index >= 15 is 0 Å². The molecule has 1 saturated carbocycles. The van der Waals surface area contributed by atoms with Crippen LogP contribution < -0.4 is 4.74 Å². The van der Waals surface area contributed by atoms with Gasteiger partial charge in [-0.25, -0.2) is 0 Å². The van der Waals surface area contributed by atoms with Gasteiger partial charge in [0.25, 0.3) is 0 Å². The molecule has 0 aromatic heterocycles. The van der Waals surface area contributed by atoms with Gasteiger partial charge in [0.1, 0.15) is 5.75 Å². The van der Waals surface area contributed by atoms with Crippen molar-refractivity contribution >= 4 is 0 Å². The fourth-order valence-corrected chi connectivity index (χ4v) is 2.21. The molecule has 15 heavy (non-hydrogen) atoms. The Bertz CT molecular complexity index is 283. The van der Waals surface area contributed by atoms with Crippen LogP contribution in [-0.2, 0) is 6.42 Å². The maximum Gasteiger partial charge on any atom is 0.119 e. The summed E-state index contributed by atoms with van der Waals surface area (Å²) in [6.07, 6.45) is 6.59. The van der Waals surface area contributed by atoms with Crippen LogP contribution >= 0.6 is 0 Å². The van der Waals surface area contributed by atoms with Gasteiger partial charge in [-0.2, -0.15) is 0 Å². The molecule has 1 aromatic carbocycles. The Kier molecular flexibility index (Phi) is 3.65. The first kappa shape index (κ1) is 10.5. The predicted octanol–water partition coefficient (Wildman–Crippen LogP) is 3.82. The van der Waals surface area contributed by atoms with Gasteiger partial charge < -0.3 is 4.74 Å². The summed E-state index contributed by atoms with van der Waals surface area (Å²) in [6, 6.07) is 8.50. The summed E-state index contributed by atoms with van der Waals surface area (Å²) in [7, 11) is 0. The van der Waals surface area contributed by atoms with E-state index in [0.717, 1.165) is 24.7 Å². The monoisotopic (exact) mass is 204 g/mol. The Morgan fingerprint density at radius 1 is 1.13 bits per heavy atom. The highest BCUT2D eigenvalue weighted by Crippen LogP contribution is 2.25. The number of rotatable bonds is 4. The summed E-state index contributed by atoms with van der Waals surface area (Å²) in [5, 5.41) is 0. The normalized spacial score (nSPS) is 16.9. The summed E-state index contributed by atoms with van der Waals surface area (Å²) in [4.78, 5) is 0. The molecule has 1 heteroatoms. The third-order valence-corrected chi connectivity index (χ3v) is 3.29. The molecule has 0 amide bonds. The third-order valence-electron chi connectivity index (χ3n) is 3.29. The highest BCUT2D eigenvalue weighted by atomic mass is 16.5. The van der Waals surface area contributed by atoms with Gasteiger partial charge in [-0.3, -0.25) is 0 Å². The van der Waals surface area contributed by atoms with E-state index in [1.807, 2.05) is 0 Å². The molecule has 0 saturated heterocycles. The van der Waals surface area contributed by atoms with Crippen LogP contribution in [0.3, 0.4) is 0 Å². The molecule has 1 aliphatic carbocycles. The average molecular weight is 204 g/mol. The fraction of sp³-hybridized carbons (Fsp3) is 0.571. The summed E-state index contributed by atoms with van der Waals surface area (Å²) < 4.78 is 5.79. The van der Waals surface area contributed by atoms with Crippen LogP contribution in [0.5, 0.6) is 5.75 Å². The fourth-order valence-electron chi connectivity index (χ4n) is 2.21. The third kappa shape index (κ3) is 2.98. The maximum absolute atomic E-state index is 5.79. The van der Waals surface area contributed by atoms with Crippen molar-refractivity contribution in [3.8, 4) is 5.75 Å². The van der Waals surface area contributed by atoms with E-state index in [9.17, 15) is 0 Å². The van der Waals surface area contributed by atoms with Crippen molar-refractivity contribution in [3.63, 3.8) is 0 Å². The van der Waals surface area contributed by atoms with Crippen LogP contribution in [0.25, 0.3) is 0 Å². The van der Waals surface area contributed by atoms with Crippen molar-refractivity contribution in [2.75, 3.05) is 6.61 Å². The van der Waals surface area contributed by atoms with Gasteiger partial charge in [0, 0.05) is 0 Å². The van der Waals surface area contributed by atoms with Crippen LogP contribution in [-0.4, -0.2) is 6.61 Å². The molecule has 1 aromatic rings. The quantitative estimate of drug-likeness (QED) is 0.724. The molecule has 1 fully saturated rings. The van der Waals surface area contributed by atoms with Crippen LogP contribution in [0.2, 0.25) is 0 Å². The maximum atomic E-state index is 5.79. The molecule has 1 aliphatic rings. The van der Waals surface area contributed by atoms with Crippen LogP contribution in [0.15, 0.2) is 24.3 Å². The van der Waals surface area contributed by atoms with E-state index in [1.54, 1.807) is 0 Å². The van der Waals surface area contributed by atoms with Gasteiger partial charge in [0.2, 0.25) is 0 Å². The minimum absolute atomic E-state index is 0.802. The second-order valence-electron chi connectivity index (χ2n) is 4.46. The molecule has 0 heterocycles. The van der Waals surface area contributed by atoms with E-state index in [1.165, 1.54) is 31.2 Å². The molecule has 0 radical (unpaired) electrons. The minimum atomic E-state index is 0.802. The van der Waals surface area contributed by atoms with Gasteiger partial charge in [0.05, 0.1) is 6.61 Å². The average Bonchev–Trinajstić information content (AvgIpc) is 2.80. The molecule has 2 rings (SSSR count). The molecule has 0 atom stereocenters. The number of ether oxygens (including phenoxy) is 1. The van der Waals surface area contributed by atoms with Gasteiger partial charge >= 0.3 is 0 Å². The lowest BCUT2D eigenvalue weighted by Crippen LogP contribution is -2.07. The molecular weight excluding hydrogens is 184 g/mol. The Hall–Kier alpha value is -0.980. The molecule has 0 spiro atoms. The molecule has 0 N–H and O–H groups in total. The minimum Gasteiger partial charge on any atom is -0.493 e. The number of hydrogen-bond donors (Lipinski definition) is 0. The molecule has 0 unspecified atom stereocenters. The van der Waals surface area contributed by atoms with E-state index in [4.69, 9.17) is 4.74 Å². The molecule has 1 nitrogen and oxygen atoms in total. The number of hydrogen-bond acceptors (Lipinski definition) is 1. The lowest BCUT2D eigenvalue weighted by Gasteiger charge is -2.11. The number of benzene rings is 1. The van der Waals surface area contributed by atoms with E-state index < -0.39 is 0 Å². The Labute approximate surface area is 92.5 Å². The van der Waals surface area contributed by atoms with E-state index in [0.29, 0.717) is 0 Å². The highest BCUT2D eigenvalue weighted by molar-refractivity contribution is 5.27. The largest absolute Gasteiger partial charge is 0.493 e. The Morgan fingerprint density at radius 2 is 1.80 bits per heavy atom. The molecular formula is C14H20O. The summed E-state index contributed by atoms with van der Waals surface area (Å²) in [5.41, 5.74) is 1.38. The van der Waals surface area contributed by atoms with Crippen molar-refractivity contribution in [3.05, 3.63) is 29.8 Å². The second-order valence-corrected chi connectivity index (χ2v) is 4.46.